The Morgan fingerprint density at radius 2 is 1.93 bits per heavy atom. The molecule has 0 spiro atoms. The van der Waals surface area contributed by atoms with Gasteiger partial charge >= 0.3 is 6.03 Å². The number of nitrogens with zero attached hydrogens (tertiary/aromatic N) is 3. The van der Waals surface area contributed by atoms with Crippen LogP contribution < -0.4 is 15.5 Å². The number of hydrogen-bond acceptors (Lipinski definition) is 4. The quantitative estimate of drug-likeness (QED) is 0.857. The van der Waals surface area contributed by atoms with E-state index in [0.29, 0.717) is 6.54 Å². The molecule has 1 fully saturated rings. The van der Waals surface area contributed by atoms with Gasteiger partial charge in [-0.05, 0) is 74.2 Å². The highest BCUT2D eigenvalue weighted by atomic mass is 16.2. The first-order valence-corrected chi connectivity index (χ1v) is 10.2. The lowest BCUT2D eigenvalue weighted by Gasteiger charge is -2.21. The van der Waals surface area contributed by atoms with Crippen molar-refractivity contribution in [3.63, 3.8) is 0 Å². The van der Waals surface area contributed by atoms with E-state index in [-0.39, 0.29) is 6.03 Å². The van der Waals surface area contributed by atoms with E-state index in [1.807, 2.05) is 18.3 Å². The van der Waals surface area contributed by atoms with Crippen molar-refractivity contribution in [2.75, 3.05) is 43.4 Å². The Morgan fingerprint density at radius 1 is 1.04 bits per heavy atom. The Kier molecular flexibility index (Phi) is 5.76. The number of benzene rings is 1. The van der Waals surface area contributed by atoms with Crippen molar-refractivity contribution in [3.05, 3.63) is 53.2 Å². The van der Waals surface area contributed by atoms with Crippen LogP contribution in [0, 0.1) is 0 Å². The summed E-state index contributed by atoms with van der Waals surface area (Å²) in [7, 11) is 2.17. The number of carbonyl (C=O) groups excluding carboxylic acids is 1. The average molecular weight is 380 g/mol. The summed E-state index contributed by atoms with van der Waals surface area (Å²) >= 11 is 0. The molecule has 0 atom stereocenters. The Labute approximate surface area is 166 Å². The molecule has 1 aliphatic carbocycles. The van der Waals surface area contributed by atoms with Gasteiger partial charge in [0.25, 0.3) is 0 Å². The number of amides is 2. The van der Waals surface area contributed by atoms with Gasteiger partial charge in [-0.25, -0.2) is 9.78 Å². The first-order valence-electron chi connectivity index (χ1n) is 10.2. The second kappa shape index (κ2) is 8.61. The molecule has 6 heteroatoms. The second-order valence-electron chi connectivity index (χ2n) is 7.81. The fourth-order valence-corrected chi connectivity index (χ4v) is 3.99. The molecule has 0 bridgehead atoms. The number of nitrogens with one attached hydrogen (secondary N) is 2. The minimum atomic E-state index is -0.183. The number of likely N-dealkylation sites (N-methyl/N-ethyl adjacent to an activating group) is 1. The van der Waals surface area contributed by atoms with Gasteiger partial charge in [-0.2, -0.15) is 0 Å². The lowest BCUT2D eigenvalue weighted by molar-refractivity contribution is 0.251. The molecular formula is C22H29N5O. The zero-order valence-electron chi connectivity index (χ0n) is 16.6. The zero-order chi connectivity index (χ0) is 19.3. The third-order valence-corrected chi connectivity index (χ3v) is 5.66. The maximum Gasteiger partial charge on any atom is 0.319 e. The molecule has 1 aromatic heterocycles. The van der Waals surface area contributed by atoms with Gasteiger partial charge in [0.2, 0.25) is 0 Å². The van der Waals surface area contributed by atoms with E-state index in [0.717, 1.165) is 62.5 Å². The molecule has 0 saturated carbocycles. The summed E-state index contributed by atoms with van der Waals surface area (Å²) in [6, 6.07) is 10.1. The molecule has 2 heterocycles. The lowest BCUT2D eigenvalue weighted by Crippen LogP contribution is -2.30. The van der Waals surface area contributed by atoms with E-state index < -0.39 is 0 Å². The molecule has 28 heavy (non-hydrogen) atoms. The Morgan fingerprint density at radius 3 is 2.79 bits per heavy atom. The van der Waals surface area contributed by atoms with Crippen molar-refractivity contribution in [2.24, 2.45) is 0 Å². The summed E-state index contributed by atoms with van der Waals surface area (Å²) in [5, 5.41) is 5.85. The third-order valence-electron chi connectivity index (χ3n) is 5.66. The maximum absolute atomic E-state index is 12.2. The Bertz CT molecular complexity index is 820. The van der Waals surface area contributed by atoms with Crippen LogP contribution in [-0.2, 0) is 19.4 Å². The first kappa shape index (κ1) is 18.7. The fourth-order valence-electron chi connectivity index (χ4n) is 3.99. The second-order valence-corrected chi connectivity index (χ2v) is 7.81. The number of rotatable bonds is 4. The van der Waals surface area contributed by atoms with Crippen molar-refractivity contribution in [1.29, 1.82) is 0 Å². The summed E-state index contributed by atoms with van der Waals surface area (Å²) in [6.45, 7) is 4.71. The molecule has 2 aromatic rings. The number of anilines is 2. The fraction of sp³-hybridized carbons (Fsp3) is 0.455. The SMILES string of the molecule is CN1CCCN(c2ccc(CNC(=O)Nc3ccc4c(c3)CCC4)cn2)CC1. The molecule has 2 aliphatic rings. The molecule has 2 N–H and O–H groups in total. The zero-order valence-corrected chi connectivity index (χ0v) is 16.6. The van der Waals surface area contributed by atoms with Crippen molar-refractivity contribution in [1.82, 2.24) is 15.2 Å². The highest BCUT2D eigenvalue weighted by Gasteiger charge is 2.14. The number of pyridine rings is 1. The largest absolute Gasteiger partial charge is 0.355 e. The van der Waals surface area contributed by atoms with E-state index in [1.165, 1.54) is 17.5 Å². The monoisotopic (exact) mass is 379 g/mol. The standard InChI is InChI=1S/C22H29N5O/c1-26-10-3-11-27(13-12-26)21-9-6-17(15-23-21)16-24-22(28)25-20-8-7-18-4-2-5-19(18)14-20/h6-9,14-15H,2-5,10-13,16H2,1H3,(H2,24,25,28). The van der Waals surface area contributed by atoms with Gasteiger partial charge in [0.1, 0.15) is 5.82 Å². The molecular weight excluding hydrogens is 350 g/mol. The topological polar surface area (TPSA) is 60.5 Å². The van der Waals surface area contributed by atoms with Gasteiger partial charge in [0, 0.05) is 38.1 Å². The minimum Gasteiger partial charge on any atom is -0.355 e. The van der Waals surface area contributed by atoms with Crippen LogP contribution in [0.2, 0.25) is 0 Å². The average Bonchev–Trinajstić information content (AvgIpc) is 3.06. The predicted octanol–water partition coefficient (Wildman–Crippen LogP) is 3.03. The van der Waals surface area contributed by atoms with Crippen molar-refractivity contribution < 1.29 is 4.79 Å². The molecule has 4 rings (SSSR count). The Hall–Kier alpha value is -2.60. The highest BCUT2D eigenvalue weighted by molar-refractivity contribution is 5.89. The van der Waals surface area contributed by atoms with Crippen molar-refractivity contribution >= 4 is 17.5 Å². The van der Waals surface area contributed by atoms with E-state index in [4.69, 9.17) is 0 Å². The van der Waals surface area contributed by atoms with Crippen LogP contribution in [0.25, 0.3) is 0 Å². The third kappa shape index (κ3) is 4.62. The molecule has 1 saturated heterocycles. The molecule has 148 valence electrons. The van der Waals surface area contributed by atoms with E-state index in [2.05, 4.69) is 50.7 Å². The van der Waals surface area contributed by atoms with Crippen molar-refractivity contribution in [3.8, 4) is 0 Å². The number of aryl methyl sites for hydroxylation is 2. The van der Waals surface area contributed by atoms with Crippen LogP contribution in [0.3, 0.4) is 0 Å². The molecule has 2 amide bonds. The van der Waals surface area contributed by atoms with E-state index >= 15 is 0 Å². The highest BCUT2D eigenvalue weighted by Crippen LogP contribution is 2.24. The van der Waals surface area contributed by atoms with Gasteiger partial charge in [0.15, 0.2) is 0 Å². The lowest BCUT2D eigenvalue weighted by atomic mass is 10.1. The van der Waals surface area contributed by atoms with Gasteiger partial charge in [-0.1, -0.05) is 12.1 Å². The number of fused-ring (bicyclic) bond motifs is 1. The minimum absolute atomic E-state index is 0.183. The van der Waals surface area contributed by atoms with Crippen LogP contribution in [0.15, 0.2) is 36.5 Å². The number of aromatic nitrogens is 1. The number of urea groups is 1. The van der Waals surface area contributed by atoms with Crippen molar-refractivity contribution in [2.45, 2.75) is 32.2 Å². The molecule has 1 aliphatic heterocycles. The van der Waals surface area contributed by atoms with Crippen LogP contribution in [0.5, 0.6) is 0 Å². The van der Waals surface area contributed by atoms with Crippen LogP contribution in [0.4, 0.5) is 16.3 Å². The van der Waals surface area contributed by atoms with Gasteiger partial charge in [-0.3, -0.25) is 0 Å². The molecule has 6 nitrogen and oxygen atoms in total. The van der Waals surface area contributed by atoms with Gasteiger partial charge < -0.3 is 20.4 Å². The van der Waals surface area contributed by atoms with Crippen LogP contribution in [0.1, 0.15) is 29.5 Å². The predicted molar refractivity (Wildman–Crippen MR) is 113 cm³/mol. The maximum atomic E-state index is 12.2. The molecule has 0 unspecified atom stereocenters. The number of hydrogen-bond donors (Lipinski definition) is 2. The molecule has 1 aromatic carbocycles. The van der Waals surface area contributed by atoms with Gasteiger partial charge in [-0.15, -0.1) is 0 Å². The van der Waals surface area contributed by atoms with E-state index in [1.54, 1.807) is 0 Å². The summed E-state index contributed by atoms with van der Waals surface area (Å²) < 4.78 is 0. The molecule has 0 radical (unpaired) electrons. The van der Waals surface area contributed by atoms with Gasteiger partial charge in [0.05, 0.1) is 0 Å². The summed E-state index contributed by atoms with van der Waals surface area (Å²) in [4.78, 5) is 21.5. The van der Waals surface area contributed by atoms with Crippen LogP contribution >= 0.6 is 0 Å². The van der Waals surface area contributed by atoms with Crippen LogP contribution in [-0.4, -0.2) is 49.1 Å². The first-order chi connectivity index (χ1) is 13.7. The normalized spacial score (nSPS) is 17.1. The summed E-state index contributed by atoms with van der Waals surface area (Å²) in [6.07, 6.45) is 6.49. The summed E-state index contributed by atoms with van der Waals surface area (Å²) in [5.74, 6) is 1.02. The smallest absolute Gasteiger partial charge is 0.319 e. The summed E-state index contributed by atoms with van der Waals surface area (Å²) in [5.41, 5.74) is 4.63. The van der Waals surface area contributed by atoms with E-state index in [9.17, 15) is 4.79 Å². The Balaban J connectivity index is 1.28. The number of carbonyl (C=O) groups is 1.